The zero-order valence-corrected chi connectivity index (χ0v) is 17.5. The molecule has 1 saturated heterocycles. The molecule has 1 fully saturated rings. The average Bonchev–Trinajstić information content (AvgIpc) is 2.94. The summed E-state index contributed by atoms with van der Waals surface area (Å²) in [4.78, 5) is 37.2. The normalized spacial score (nSPS) is 28.9. The van der Waals surface area contributed by atoms with Crippen LogP contribution >= 0.6 is 0 Å². The van der Waals surface area contributed by atoms with Crippen LogP contribution in [0.5, 0.6) is 0 Å². The van der Waals surface area contributed by atoms with Gasteiger partial charge < -0.3 is 36.1 Å². The number of carbonyl (C=O) groups excluding carboxylic acids is 1. The highest BCUT2D eigenvalue weighted by atomic mass is 19.1. The Kier molecular flexibility index (Phi) is 8.27. The summed E-state index contributed by atoms with van der Waals surface area (Å²) < 4.78 is 19.9. The van der Waals surface area contributed by atoms with Gasteiger partial charge >= 0.3 is 11.6 Å². The molecule has 1 aliphatic heterocycles. The number of alkyl halides is 1. The van der Waals surface area contributed by atoms with Crippen molar-refractivity contribution in [2.24, 2.45) is 5.73 Å². The molecular weight excluding hydrogens is 435 g/mol. The number of aromatic nitrogens is 2. The van der Waals surface area contributed by atoms with Crippen molar-refractivity contribution in [2.45, 2.75) is 75.6 Å². The number of unbranched alkanes of at least 4 members (excludes halogenated alkanes) is 4. The summed E-state index contributed by atoms with van der Waals surface area (Å²) in [6.45, 7) is 0.972. The summed E-state index contributed by atoms with van der Waals surface area (Å²) >= 11 is 0. The number of hydrogen-bond donors (Lipinski definition) is 7. The maximum Gasteiger partial charge on any atom is 0.332 e. The first-order chi connectivity index (χ1) is 14.9. The van der Waals surface area contributed by atoms with E-state index in [1.54, 1.807) is 4.98 Å². The van der Waals surface area contributed by atoms with Crippen LogP contribution in [-0.2, 0) is 10.6 Å². The van der Waals surface area contributed by atoms with Crippen LogP contribution in [0.15, 0.2) is 15.8 Å². The fraction of sp³-hybridized carbons (Fsp3) is 0.722. The number of amides is 1. The summed E-state index contributed by atoms with van der Waals surface area (Å²) in [5.74, 6) is -4.77. The van der Waals surface area contributed by atoms with Gasteiger partial charge in [-0.15, -0.1) is 5.06 Å². The molecule has 0 spiro atoms. The van der Waals surface area contributed by atoms with E-state index >= 15 is 0 Å². The quantitative estimate of drug-likeness (QED) is 0.0830. The van der Waals surface area contributed by atoms with E-state index in [1.807, 2.05) is 6.92 Å². The lowest BCUT2D eigenvalue weighted by molar-refractivity contribution is -0.428. The molecule has 2 heterocycles. The molecular formula is C18H29FN4O9. The van der Waals surface area contributed by atoms with E-state index in [-0.39, 0.29) is 17.4 Å². The van der Waals surface area contributed by atoms with Gasteiger partial charge in [0.1, 0.15) is 17.8 Å². The number of nitrogens with zero attached hydrogens (tertiary/aromatic N) is 2. The summed E-state index contributed by atoms with van der Waals surface area (Å²) in [5, 5.41) is 52.0. The Morgan fingerprint density at radius 2 is 1.97 bits per heavy atom. The van der Waals surface area contributed by atoms with Crippen LogP contribution in [0.25, 0.3) is 0 Å². The van der Waals surface area contributed by atoms with E-state index in [9.17, 15) is 44.4 Å². The summed E-state index contributed by atoms with van der Waals surface area (Å²) in [6.07, 6.45) is -2.78. The SMILES string of the molecule is CCCCCCCC(F)N(O)[C@@]1(O)[C@H](O)[C@@H](CO)O[C@]1(O)n1cc(C(N)=O)c(=O)[nH]c1=O. The van der Waals surface area contributed by atoms with E-state index in [1.165, 1.54) is 0 Å². The van der Waals surface area contributed by atoms with Crippen LogP contribution < -0.4 is 17.0 Å². The van der Waals surface area contributed by atoms with Gasteiger partial charge in [0.05, 0.1) is 6.61 Å². The van der Waals surface area contributed by atoms with Gasteiger partial charge in [-0.3, -0.25) is 14.6 Å². The lowest BCUT2D eigenvalue weighted by atomic mass is 9.99. The van der Waals surface area contributed by atoms with Crippen molar-refractivity contribution in [1.29, 1.82) is 0 Å². The van der Waals surface area contributed by atoms with E-state index in [0.29, 0.717) is 12.6 Å². The van der Waals surface area contributed by atoms with Crippen LogP contribution in [0.2, 0.25) is 0 Å². The Bertz CT molecular complexity index is 924. The molecule has 1 amide bonds. The second kappa shape index (κ2) is 10.2. The molecule has 14 heteroatoms. The van der Waals surface area contributed by atoms with Crippen molar-refractivity contribution in [3.8, 4) is 0 Å². The molecule has 0 radical (unpaired) electrons. The molecule has 0 bridgehead atoms. The predicted octanol–water partition coefficient (Wildman–Crippen LogP) is -1.97. The number of hydroxylamine groups is 2. The molecule has 5 atom stereocenters. The second-order valence-electron chi connectivity index (χ2n) is 7.64. The first kappa shape index (κ1) is 26.1. The Balaban J connectivity index is 2.49. The van der Waals surface area contributed by atoms with Gasteiger partial charge in [0.25, 0.3) is 11.5 Å². The summed E-state index contributed by atoms with van der Waals surface area (Å²) in [7, 11) is 0. The van der Waals surface area contributed by atoms with Crippen LogP contribution in [0.1, 0.15) is 55.8 Å². The number of nitrogens with one attached hydrogen (secondary N) is 1. The second-order valence-corrected chi connectivity index (χ2v) is 7.64. The molecule has 0 aliphatic carbocycles. The van der Waals surface area contributed by atoms with E-state index < -0.39 is 64.5 Å². The Morgan fingerprint density at radius 1 is 1.34 bits per heavy atom. The third-order valence-corrected chi connectivity index (χ3v) is 5.43. The third kappa shape index (κ3) is 4.47. The van der Waals surface area contributed by atoms with E-state index in [4.69, 9.17) is 10.5 Å². The summed E-state index contributed by atoms with van der Waals surface area (Å²) in [6, 6.07) is 0. The van der Waals surface area contributed by atoms with Gasteiger partial charge in [0, 0.05) is 6.20 Å². The molecule has 1 aliphatic rings. The topological polar surface area (TPSA) is 212 Å². The highest BCUT2D eigenvalue weighted by Gasteiger charge is 2.71. The first-order valence-corrected chi connectivity index (χ1v) is 10.2. The van der Waals surface area contributed by atoms with Crippen molar-refractivity contribution >= 4 is 5.91 Å². The minimum Gasteiger partial charge on any atom is -0.394 e. The van der Waals surface area contributed by atoms with Crippen molar-refractivity contribution in [3.05, 3.63) is 32.6 Å². The number of rotatable bonds is 11. The number of carbonyl (C=O) groups is 1. The minimum atomic E-state index is -3.45. The van der Waals surface area contributed by atoms with Crippen molar-refractivity contribution in [3.63, 3.8) is 0 Å². The molecule has 8 N–H and O–H groups in total. The fourth-order valence-electron chi connectivity index (χ4n) is 3.59. The van der Waals surface area contributed by atoms with Crippen LogP contribution in [0.3, 0.4) is 0 Å². The first-order valence-electron chi connectivity index (χ1n) is 10.2. The third-order valence-electron chi connectivity index (χ3n) is 5.43. The number of nitrogens with two attached hydrogens (primary N) is 1. The van der Waals surface area contributed by atoms with Crippen LogP contribution in [-0.4, -0.2) is 77.0 Å². The van der Waals surface area contributed by atoms with Gasteiger partial charge in [-0.25, -0.2) is 13.8 Å². The van der Waals surface area contributed by atoms with Gasteiger partial charge in [-0.2, -0.15) is 0 Å². The van der Waals surface area contributed by atoms with Gasteiger partial charge in [0.15, 0.2) is 6.30 Å². The standard InChI is InChI=1S/C18H29FN4O9/c1-2-3-4-5-6-7-12(19)23(31)17(29)13(25)11(9-24)32-18(17,30)22-8-10(14(20)26)15(27)21-16(22)28/h8,11-13,24-25,29-31H,2-7,9H2,1H3,(H2,20,26)(H,21,27,28)/t11-,12?,13-,17-,18+/m1/s1. The number of hydrogen-bond acceptors (Lipinski definition) is 10. The molecule has 1 unspecified atom stereocenters. The average molecular weight is 464 g/mol. The number of ether oxygens (including phenoxy) is 1. The van der Waals surface area contributed by atoms with E-state index in [2.05, 4.69) is 0 Å². The fourth-order valence-corrected chi connectivity index (χ4v) is 3.59. The van der Waals surface area contributed by atoms with Gasteiger partial charge in [-0.05, 0) is 12.8 Å². The number of halogens is 1. The predicted molar refractivity (Wildman–Crippen MR) is 105 cm³/mol. The molecule has 0 saturated carbocycles. The maximum atomic E-state index is 14.8. The Hall–Kier alpha value is -2.20. The monoisotopic (exact) mass is 464 g/mol. The lowest BCUT2D eigenvalue weighted by Crippen LogP contribution is -2.70. The number of H-pyrrole nitrogens is 1. The number of aliphatic hydroxyl groups excluding tert-OH is 2. The number of aliphatic hydroxyl groups is 4. The molecule has 2 rings (SSSR count). The van der Waals surface area contributed by atoms with Gasteiger partial charge in [0.2, 0.25) is 5.72 Å². The summed E-state index contributed by atoms with van der Waals surface area (Å²) in [5.41, 5.74) is -1.91. The smallest absolute Gasteiger partial charge is 0.332 e. The van der Waals surface area contributed by atoms with Crippen LogP contribution in [0, 0.1) is 0 Å². The van der Waals surface area contributed by atoms with Crippen molar-refractivity contribution in [1.82, 2.24) is 14.6 Å². The zero-order valence-electron chi connectivity index (χ0n) is 17.5. The Labute approximate surface area is 181 Å². The molecule has 182 valence electrons. The highest BCUT2D eigenvalue weighted by molar-refractivity contribution is 5.91. The molecule has 1 aromatic heterocycles. The molecule has 13 nitrogen and oxygen atoms in total. The molecule has 1 aromatic rings. The van der Waals surface area contributed by atoms with Crippen molar-refractivity contribution in [2.75, 3.05) is 6.61 Å². The molecule has 32 heavy (non-hydrogen) atoms. The number of primary amides is 1. The number of aromatic amines is 1. The minimum absolute atomic E-state index is 0.0601. The zero-order chi connectivity index (χ0) is 24.3. The maximum absolute atomic E-state index is 14.8. The van der Waals surface area contributed by atoms with Crippen LogP contribution in [0.4, 0.5) is 4.39 Å². The van der Waals surface area contributed by atoms with Gasteiger partial charge in [-0.1, -0.05) is 32.6 Å². The van der Waals surface area contributed by atoms with Crippen molar-refractivity contribution < 1.29 is 39.6 Å². The van der Waals surface area contributed by atoms with E-state index in [0.717, 1.165) is 19.3 Å². The Morgan fingerprint density at radius 3 is 2.53 bits per heavy atom. The lowest BCUT2D eigenvalue weighted by Gasteiger charge is -2.43. The highest BCUT2D eigenvalue weighted by Crippen LogP contribution is 2.44. The largest absolute Gasteiger partial charge is 0.394 e. The molecule has 0 aromatic carbocycles.